The van der Waals surface area contributed by atoms with Crippen molar-refractivity contribution < 1.29 is 0 Å². The summed E-state index contributed by atoms with van der Waals surface area (Å²) in [6.45, 7) is 2.19. The molecule has 0 amide bonds. The van der Waals surface area contributed by atoms with Crippen molar-refractivity contribution in [1.29, 1.82) is 0 Å². The lowest BCUT2D eigenvalue weighted by molar-refractivity contribution is 0.948. The van der Waals surface area contributed by atoms with Gasteiger partial charge in [-0.15, -0.1) is 0 Å². The van der Waals surface area contributed by atoms with Crippen molar-refractivity contribution in [2.75, 3.05) is 0 Å². The summed E-state index contributed by atoms with van der Waals surface area (Å²) in [7, 11) is 0.0534. The summed E-state index contributed by atoms with van der Waals surface area (Å²) in [6.07, 6.45) is 6.62. The van der Waals surface area contributed by atoms with Gasteiger partial charge in [-0.2, -0.15) is 0 Å². The molecule has 1 atom stereocenters. The zero-order valence-corrected chi connectivity index (χ0v) is 7.10. The second-order valence-corrected chi connectivity index (χ2v) is 4.48. The first-order valence-electron chi connectivity index (χ1n) is 3.12. The summed E-state index contributed by atoms with van der Waals surface area (Å²) < 4.78 is 0. The minimum Gasteiger partial charge on any atom is -0.0701 e. The fourth-order valence-electron chi connectivity index (χ4n) is 0.803. The van der Waals surface area contributed by atoms with Gasteiger partial charge in [0.25, 0.3) is 0 Å². The maximum Gasteiger partial charge on any atom is -0.00654 e. The van der Waals surface area contributed by atoms with E-state index in [0.717, 1.165) is 0 Å². The van der Waals surface area contributed by atoms with E-state index in [-0.39, 0.29) is 9.45 Å². The van der Waals surface area contributed by atoms with Gasteiger partial charge >= 0.3 is 0 Å². The Morgan fingerprint density at radius 2 is 2.44 bits per heavy atom. The van der Waals surface area contributed by atoms with Crippen LogP contribution < -0.4 is 0 Å². The topological polar surface area (TPSA) is 0 Å². The standard InChI is InChI=1S/C7H10S2/c1-2-4-7-5-3-6-9(7)8/h3,5-6H,2,4H2,1H3. The smallest absolute Gasteiger partial charge is 0.00654 e. The van der Waals surface area contributed by atoms with E-state index in [1.165, 1.54) is 17.7 Å². The summed E-state index contributed by atoms with van der Waals surface area (Å²) in [4.78, 5) is 1.44. The molecule has 0 spiro atoms. The Labute approximate surface area is 63.2 Å². The van der Waals surface area contributed by atoms with Crippen LogP contribution in [0.3, 0.4) is 0 Å². The van der Waals surface area contributed by atoms with E-state index in [1.807, 2.05) is 0 Å². The highest BCUT2D eigenvalue weighted by Gasteiger charge is 2.01. The molecule has 0 saturated carbocycles. The zero-order valence-electron chi connectivity index (χ0n) is 5.46. The van der Waals surface area contributed by atoms with E-state index >= 15 is 0 Å². The van der Waals surface area contributed by atoms with Gasteiger partial charge in [0, 0.05) is 0 Å². The number of hydrogen-bond donors (Lipinski definition) is 0. The van der Waals surface area contributed by atoms with Gasteiger partial charge in [0.2, 0.25) is 0 Å². The molecule has 0 aromatic rings. The zero-order chi connectivity index (χ0) is 6.69. The van der Waals surface area contributed by atoms with Gasteiger partial charge in [-0.1, -0.05) is 35.0 Å². The van der Waals surface area contributed by atoms with Crippen molar-refractivity contribution in [1.82, 2.24) is 0 Å². The molecular weight excluding hydrogens is 148 g/mol. The molecule has 0 aliphatic carbocycles. The minimum atomic E-state index is 0.0534. The lowest BCUT2D eigenvalue weighted by Crippen LogP contribution is -1.83. The second kappa shape index (κ2) is 3.28. The molecule has 0 nitrogen and oxygen atoms in total. The Bertz CT molecular complexity index is 177. The predicted molar refractivity (Wildman–Crippen MR) is 46.9 cm³/mol. The van der Waals surface area contributed by atoms with Crippen LogP contribution in [0.25, 0.3) is 0 Å². The highest BCUT2D eigenvalue weighted by atomic mass is 32.8. The quantitative estimate of drug-likeness (QED) is 0.594. The van der Waals surface area contributed by atoms with Crippen molar-refractivity contribution in [3.8, 4) is 0 Å². The molecule has 0 aromatic heterocycles. The van der Waals surface area contributed by atoms with Crippen molar-refractivity contribution in [2.45, 2.75) is 19.8 Å². The maximum absolute atomic E-state index is 5.16. The van der Waals surface area contributed by atoms with Gasteiger partial charge in [-0.3, -0.25) is 0 Å². The summed E-state index contributed by atoms with van der Waals surface area (Å²) in [5.74, 6) is 0. The first-order chi connectivity index (χ1) is 4.34. The Kier molecular flexibility index (Phi) is 2.61. The summed E-state index contributed by atoms with van der Waals surface area (Å²) in [5, 5.41) is 2.10. The molecule has 0 saturated heterocycles. The molecule has 0 bridgehead atoms. The van der Waals surface area contributed by atoms with Crippen LogP contribution in [-0.2, 0) is 20.6 Å². The highest BCUT2D eigenvalue weighted by molar-refractivity contribution is 8.32. The van der Waals surface area contributed by atoms with Crippen molar-refractivity contribution >= 4 is 20.6 Å². The van der Waals surface area contributed by atoms with Gasteiger partial charge in [0.1, 0.15) is 0 Å². The third kappa shape index (κ3) is 1.73. The molecule has 1 aliphatic heterocycles. The first kappa shape index (κ1) is 7.16. The van der Waals surface area contributed by atoms with Gasteiger partial charge in [0.15, 0.2) is 0 Å². The van der Waals surface area contributed by atoms with E-state index < -0.39 is 0 Å². The molecule has 2 heteroatoms. The van der Waals surface area contributed by atoms with Crippen LogP contribution in [0.1, 0.15) is 19.8 Å². The van der Waals surface area contributed by atoms with Gasteiger partial charge < -0.3 is 0 Å². The summed E-state index contributed by atoms with van der Waals surface area (Å²) >= 11 is 5.16. The van der Waals surface area contributed by atoms with Gasteiger partial charge in [-0.25, -0.2) is 0 Å². The van der Waals surface area contributed by atoms with E-state index in [0.29, 0.717) is 0 Å². The molecule has 1 heterocycles. The van der Waals surface area contributed by atoms with Crippen LogP contribution in [-0.4, -0.2) is 0 Å². The normalized spacial score (nSPS) is 24.6. The Hall–Kier alpha value is 0.0500. The van der Waals surface area contributed by atoms with Crippen LogP contribution in [0, 0.1) is 0 Å². The molecule has 0 fully saturated rings. The number of rotatable bonds is 2. The minimum absolute atomic E-state index is 0.0534. The Balaban J connectivity index is 2.54. The van der Waals surface area contributed by atoms with Crippen LogP contribution in [0.5, 0.6) is 0 Å². The molecule has 1 rings (SSSR count). The largest absolute Gasteiger partial charge is 0.0701 e. The summed E-state index contributed by atoms with van der Waals surface area (Å²) in [6, 6.07) is 0. The fourth-order valence-corrected chi connectivity index (χ4v) is 2.43. The lowest BCUT2D eigenvalue weighted by Gasteiger charge is -1.97. The van der Waals surface area contributed by atoms with Crippen LogP contribution in [0.4, 0.5) is 0 Å². The molecule has 1 unspecified atom stereocenters. The molecule has 9 heavy (non-hydrogen) atoms. The summed E-state index contributed by atoms with van der Waals surface area (Å²) in [5.41, 5.74) is 0. The van der Waals surface area contributed by atoms with E-state index in [1.54, 1.807) is 0 Å². The van der Waals surface area contributed by atoms with Gasteiger partial charge in [0.05, 0.1) is 0 Å². The Morgan fingerprint density at radius 1 is 1.67 bits per heavy atom. The van der Waals surface area contributed by atoms with E-state index in [9.17, 15) is 0 Å². The molecule has 0 radical (unpaired) electrons. The van der Waals surface area contributed by atoms with Crippen LogP contribution >= 0.6 is 0 Å². The first-order valence-corrected chi connectivity index (χ1v) is 5.34. The second-order valence-electron chi connectivity index (χ2n) is 2.01. The SMILES string of the molecule is CCCC1=CC=CS1=S. The molecule has 1 aliphatic rings. The number of hydrogen-bond acceptors (Lipinski definition) is 1. The van der Waals surface area contributed by atoms with E-state index in [4.69, 9.17) is 11.2 Å². The van der Waals surface area contributed by atoms with E-state index in [2.05, 4.69) is 24.5 Å². The van der Waals surface area contributed by atoms with Crippen LogP contribution in [0.2, 0.25) is 0 Å². The third-order valence-electron chi connectivity index (χ3n) is 1.24. The maximum atomic E-state index is 5.16. The fraction of sp³-hybridized carbons (Fsp3) is 0.429. The lowest BCUT2D eigenvalue weighted by atomic mass is 10.3. The monoisotopic (exact) mass is 158 g/mol. The highest BCUT2D eigenvalue weighted by Crippen LogP contribution is 2.16. The van der Waals surface area contributed by atoms with Crippen LogP contribution in [0.15, 0.2) is 22.5 Å². The average Bonchev–Trinajstić information content (AvgIpc) is 2.18. The van der Waals surface area contributed by atoms with Crippen molar-refractivity contribution in [3.63, 3.8) is 0 Å². The van der Waals surface area contributed by atoms with Crippen molar-refractivity contribution in [3.05, 3.63) is 22.5 Å². The molecule has 50 valence electrons. The average molecular weight is 158 g/mol. The number of allylic oxidation sites excluding steroid dienone is 3. The molecule has 0 aromatic carbocycles. The third-order valence-corrected chi connectivity index (χ3v) is 3.48. The Morgan fingerprint density at radius 3 is 2.89 bits per heavy atom. The molecule has 0 N–H and O–H groups in total. The van der Waals surface area contributed by atoms with Crippen molar-refractivity contribution in [2.24, 2.45) is 0 Å². The molecular formula is C7H10S2. The van der Waals surface area contributed by atoms with Gasteiger partial charge in [-0.05, 0) is 27.9 Å². The predicted octanol–water partition coefficient (Wildman–Crippen LogP) is 2.28.